The first kappa shape index (κ1) is 18.9. The Morgan fingerprint density at radius 2 is 2.19 bits per heavy atom. The molecular weight excluding hydrogens is 347 g/mol. The van der Waals surface area contributed by atoms with Crippen molar-refractivity contribution in [2.75, 3.05) is 44.0 Å². The van der Waals surface area contributed by atoms with Gasteiger partial charge in [-0.3, -0.25) is 14.7 Å². The number of rotatable bonds is 5. The van der Waals surface area contributed by atoms with Crippen molar-refractivity contribution in [2.24, 2.45) is 0 Å². The lowest BCUT2D eigenvalue weighted by molar-refractivity contribution is 0.247. The SMILES string of the molecule is CN(C)c1nc(CN(C)C2CCN(c3cccc(F)c3C#N)C2)cc(=O)[nH]1. The molecule has 0 radical (unpaired) electrons. The number of nitriles is 1. The van der Waals surface area contributed by atoms with Gasteiger partial charge in [-0.25, -0.2) is 9.37 Å². The van der Waals surface area contributed by atoms with Crippen LogP contribution in [0.3, 0.4) is 0 Å². The highest BCUT2D eigenvalue weighted by atomic mass is 19.1. The van der Waals surface area contributed by atoms with E-state index in [4.69, 9.17) is 0 Å². The topological polar surface area (TPSA) is 79.3 Å². The summed E-state index contributed by atoms with van der Waals surface area (Å²) in [6, 6.07) is 8.42. The Morgan fingerprint density at radius 3 is 2.89 bits per heavy atom. The normalized spacial score (nSPS) is 16.6. The zero-order valence-electron chi connectivity index (χ0n) is 15.7. The van der Waals surface area contributed by atoms with E-state index in [-0.39, 0.29) is 17.2 Å². The second kappa shape index (κ2) is 7.76. The fourth-order valence-corrected chi connectivity index (χ4v) is 3.38. The fourth-order valence-electron chi connectivity index (χ4n) is 3.38. The van der Waals surface area contributed by atoms with Gasteiger partial charge in [-0.15, -0.1) is 0 Å². The molecule has 1 aliphatic rings. The van der Waals surface area contributed by atoms with Gasteiger partial charge in [-0.2, -0.15) is 5.26 Å². The monoisotopic (exact) mass is 370 g/mol. The molecule has 2 aromatic rings. The van der Waals surface area contributed by atoms with Gasteiger partial charge in [0.25, 0.3) is 5.56 Å². The van der Waals surface area contributed by atoms with Gasteiger partial charge in [-0.05, 0) is 25.6 Å². The van der Waals surface area contributed by atoms with E-state index >= 15 is 0 Å². The Labute approximate surface area is 157 Å². The minimum Gasteiger partial charge on any atom is -0.369 e. The first-order chi connectivity index (χ1) is 12.9. The minimum absolute atomic E-state index is 0.0905. The van der Waals surface area contributed by atoms with Crippen LogP contribution in [0.15, 0.2) is 29.1 Å². The van der Waals surface area contributed by atoms with Crippen molar-refractivity contribution < 1.29 is 4.39 Å². The third kappa shape index (κ3) is 4.09. The summed E-state index contributed by atoms with van der Waals surface area (Å²) in [6.07, 6.45) is 0.890. The predicted octanol–water partition coefficient (Wildman–Crippen LogP) is 1.56. The summed E-state index contributed by atoms with van der Waals surface area (Å²) in [7, 11) is 5.64. The van der Waals surface area contributed by atoms with Gasteiger partial charge in [0.1, 0.15) is 17.4 Å². The average molecular weight is 370 g/mol. The lowest BCUT2D eigenvalue weighted by atomic mass is 10.1. The predicted molar refractivity (Wildman–Crippen MR) is 102 cm³/mol. The summed E-state index contributed by atoms with van der Waals surface area (Å²) in [4.78, 5) is 25.0. The number of aromatic amines is 1. The number of likely N-dealkylation sites (N-methyl/N-ethyl adjacent to an activating group) is 1. The first-order valence-corrected chi connectivity index (χ1v) is 8.80. The summed E-state index contributed by atoms with van der Waals surface area (Å²) >= 11 is 0. The van der Waals surface area contributed by atoms with E-state index in [9.17, 15) is 14.4 Å². The highest BCUT2D eigenvalue weighted by Gasteiger charge is 2.28. The van der Waals surface area contributed by atoms with E-state index in [0.717, 1.165) is 13.0 Å². The van der Waals surface area contributed by atoms with Crippen LogP contribution >= 0.6 is 0 Å². The van der Waals surface area contributed by atoms with Gasteiger partial charge in [-0.1, -0.05) is 6.07 Å². The van der Waals surface area contributed by atoms with Crippen LogP contribution in [0.1, 0.15) is 17.7 Å². The van der Waals surface area contributed by atoms with E-state index in [1.807, 2.05) is 32.1 Å². The standard InChI is InChI=1S/C19H23FN6O/c1-24(2)19-22-13(9-18(27)23-19)11-25(3)14-7-8-26(12-14)17-6-4-5-16(20)15(17)10-21/h4-6,9,14H,7-8,11-12H2,1-3H3,(H,22,23,27). The lowest BCUT2D eigenvalue weighted by Crippen LogP contribution is -2.35. The van der Waals surface area contributed by atoms with Crippen LogP contribution in [0.2, 0.25) is 0 Å². The van der Waals surface area contributed by atoms with Crippen molar-refractivity contribution in [1.82, 2.24) is 14.9 Å². The molecule has 2 heterocycles. The number of nitrogens with zero attached hydrogens (tertiary/aromatic N) is 5. The molecular formula is C19H23FN6O. The van der Waals surface area contributed by atoms with Gasteiger partial charge >= 0.3 is 0 Å². The maximum atomic E-state index is 13.9. The molecule has 1 atom stereocenters. The van der Waals surface area contributed by atoms with Crippen molar-refractivity contribution in [3.63, 3.8) is 0 Å². The molecule has 8 heteroatoms. The molecule has 7 nitrogen and oxygen atoms in total. The Hall–Kier alpha value is -2.92. The van der Waals surface area contributed by atoms with Crippen LogP contribution in [0.5, 0.6) is 0 Å². The van der Waals surface area contributed by atoms with E-state index in [2.05, 4.69) is 14.9 Å². The zero-order chi connectivity index (χ0) is 19.6. The number of H-pyrrole nitrogens is 1. The van der Waals surface area contributed by atoms with Gasteiger partial charge in [0.15, 0.2) is 0 Å². The molecule has 1 aromatic carbocycles. The van der Waals surface area contributed by atoms with E-state index in [0.29, 0.717) is 30.4 Å². The molecule has 1 aliphatic heterocycles. The highest BCUT2D eigenvalue weighted by Crippen LogP contribution is 2.27. The maximum absolute atomic E-state index is 13.9. The molecule has 1 N–H and O–H groups in total. The van der Waals surface area contributed by atoms with Crippen LogP contribution < -0.4 is 15.4 Å². The molecule has 0 bridgehead atoms. The fraction of sp³-hybridized carbons (Fsp3) is 0.421. The lowest BCUT2D eigenvalue weighted by Gasteiger charge is -2.25. The third-order valence-electron chi connectivity index (χ3n) is 4.85. The zero-order valence-corrected chi connectivity index (χ0v) is 15.7. The van der Waals surface area contributed by atoms with Crippen molar-refractivity contribution in [3.8, 4) is 6.07 Å². The van der Waals surface area contributed by atoms with Crippen LogP contribution in [0.4, 0.5) is 16.0 Å². The van der Waals surface area contributed by atoms with E-state index in [1.54, 1.807) is 17.0 Å². The maximum Gasteiger partial charge on any atom is 0.252 e. The van der Waals surface area contributed by atoms with Gasteiger partial charge in [0, 0.05) is 45.8 Å². The third-order valence-corrected chi connectivity index (χ3v) is 4.85. The molecule has 3 rings (SSSR count). The van der Waals surface area contributed by atoms with Crippen LogP contribution in [-0.4, -0.2) is 55.1 Å². The molecule has 0 amide bonds. The molecule has 0 saturated carbocycles. The molecule has 27 heavy (non-hydrogen) atoms. The van der Waals surface area contributed by atoms with Gasteiger partial charge < -0.3 is 9.80 Å². The van der Waals surface area contributed by atoms with Crippen molar-refractivity contribution in [2.45, 2.75) is 19.0 Å². The molecule has 142 valence electrons. The summed E-state index contributed by atoms with van der Waals surface area (Å²) in [6.45, 7) is 1.98. The average Bonchev–Trinajstić information content (AvgIpc) is 3.11. The van der Waals surface area contributed by atoms with Crippen LogP contribution in [0, 0.1) is 17.1 Å². The number of halogens is 1. The number of aromatic nitrogens is 2. The Balaban J connectivity index is 1.72. The minimum atomic E-state index is -0.490. The summed E-state index contributed by atoms with van der Waals surface area (Å²) in [5.74, 6) is 0.0353. The second-order valence-electron chi connectivity index (χ2n) is 7.00. The largest absolute Gasteiger partial charge is 0.369 e. The van der Waals surface area contributed by atoms with Crippen molar-refractivity contribution >= 4 is 11.6 Å². The van der Waals surface area contributed by atoms with E-state index < -0.39 is 5.82 Å². The highest BCUT2D eigenvalue weighted by molar-refractivity contribution is 5.60. The van der Waals surface area contributed by atoms with Gasteiger partial charge in [0.05, 0.1) is 11.4 Å². The molecule has 0 aliphatic carbocycles. The number of hydrogen-bond acceptors (Lipinski definition) is 6. The summed E-state index contributed by atoms with van der Waals surface area (Å²) in [5, 5.41) is 9.25. The molecule has 0 spiro atoms. The first-order valence-electron chi connectivity index (χ1n) is 8.80. The van der Waals surface area contributed by atoms with Crippen molar-refractivity contribution in [1.29, 1.82) is 5.26 Å². The Morgan fingerprint density at radius 1 is 1.41 bits per heavy atom. The number of hydrogen-bond donors (Lipinski definition) is 1. The summed E-state index contributed by atoms with van der Waals surface area (Å²) < 4.78 is 13.9. The Kier molecular flexibility index (Phi) is 5.42. The quantitative estimate of drug-likeness (QED) is 0.860. The molecule has 1 unspecified atom stereocenters. The van der Waals surface area contributed by atoms with Crippen molar-refractivity contribution in [3.05, 3.63) is 51.7 Å². The number of anilines is 2. The number of nitrogens with one attached hydrogen (secondary N) is 1. The van der Waals surface area contributed by atoms with Gasteiger partial charge in [0.2, 0.25) is 5.95 Å². The number of benzene rings is 1. The molecule has 1 fully saturated rings. The molecule has 1 aromatic heterocycles. The van der Waals surface area contributed by atoms with Crippen LogP contribution in [-0.2, 0) is 6.54 Å². The second-order valence-corrected chi connectivity index (χ2v) is 7.00. The smallest absolute Gasteiger partial charge is 0.252 e. The van der Waals surface area contributed by atoms with Crippen LogP contribution in [0.25, 0.3) is 0 Å². The summed E-state index contributed by atoms with van der Waals surface area (Å²) in [5.41, 5.74) is 1.25. The molecule has 1 saturated heterocycles. The Bertz CT molecular complexity index is 919. The van der Waals surface area contributed by atoms with E-state index in [1.165, 1.54) is 12.1 Å².